The normalized spacial score (nSPS) is 23.2. The third kappa shape index (κ3) is 4.45. The molecule has 0 unspecified atom stereocenters. The van der Waals surface area contributed by atoms with Gasteiger partial charge in [0, 0.05) is 0 Å². The minimum Gasteiger partial charge on any atom is -0.0656 e. The van der Waals surface area contributed by atoms with Crippen LogP contribution in [0.3, 0.4) is 0 Å². The highest BCUT2D eigenvalue weighted by Crippen LogP contribution is 2.37. The molecule has 1 aliphatic carbocycles. The van der Waals surface area contributed by atoms with Crippen LogP contribution in [0.15, 0.2) is 24.3 Å². The average Bonchev–Trinajstić information content (AvgIpc) is 2.48. The van der Waals surface area contributed by atoms with Gasteiger partial charge in [0.25, 0.3) is 0 Å². The van der Waals surface area contributed by atoms with Crippen LogP contribution in [-0.4, -0.2) is 8.07 Å². The van der Waals surface area contributed by atoms with E-state index >= 15 is 0 Å². The smallest absolute Gasteiger partial charge is 0.0656 e. The first-order valence-corrected chi connectivity index (χ1v) is 12.4. The zero-order valence-electron chi connectivity index (χ0n) is 14.6. The molecule has 1 aliphatic rings. The Morgan fingerprint density at radius 2 is 1.52 bits per heavy atom. The third-order valence-corrected chi connectivity index (χ3v) is 9.23. The summed E-state index contributed by atoms with van der Waals surface area (Å²) in [5.74, 6) is 1.85. The lowest BCUT2D eigenvalue weighted by atomic mass is 9.77. The van der Waals surface area contributed by atoms with Crippen LogP contribution in [0.2, 0.25) is 19.1 Å². The van der Waals surface area contributed by atoms with Crippen LogP contribution in [0.1, 0.15) is 70.3 Å². The summed E-state index contributed by atoms with van der Waals surface area (Å²) >= 11 is 0. The zero-order valence-corrected chi connectivity index (χ0v) is 15.6. The minimum atomic E-state index is -1.17. The molecule has 2 rings (SSSR count). The van der Waals surface area contributed by atoms with Crippen molar-refractivity contribution in [2.45, 2.75) is 83.8 Å². The molecular weight excluding hydrogens is 268 g/mol. The summed E-state index contributed by atoms with van der Waals surface area (Å²) in [6.07, 6.45) is 9.87. The van der Waals surface area contributed by atoms with Gasteiger partial charge in [-0.2, -0.15) is 0 Å². The van der Waals surface area contributed by atoms with Crippen molar-refractivity contribution in [2.75, 3.05) is 0 Å². The van der Waals surface area contributed by atoms with Crippen molar-refractivity contribution in [1.29, 1.82) is 0 Å². The van der Waals surface area contributed by atoms with E-state index in [0.717, 1.165) is 11.8 Å². The van der Waals surface area contributed by atoms with Crippen molar-refractivity contribution >= 4 is 13.3 Å². The van der Waals surface area contributed by atoms with E-state index in [1.165, 1.54) is 51.0 Å². The molecule has 0 amide bonds. The van der Waals surface area contributed by atoms with Crippen LogP contribution in [-0.2, 0) is 0 Å². The van der Waals surface area contributed by atoms with Crippen LogP contribution in [0, 0.1) is 5.92 Å². The van der Waals surface area contributed by atoms with Gasteiger partial charge in [0.15, 0.2) is 0 Å². The highest BCUT2D eigenvalue weighted by atomic mass is 28.3. The molecule has 118 valence electrons. The Morgan fingerprint density at radius 3 is 2.05 bits per heavy atom. The van der Waals surface area contributed by atoms with E-state index in [9.17, 15) is 0 Å². The summed E-state index contributed by atoms with van der Waals surface area (Å²) in [7, 11) is -1.17. The molecule has 1 saturated carbocycles. The molecule has 0 heterocycles. The largest absolute Gasteiger partial charge is 0.0806 e. The monoisotopic (exact) mass is 302 g/mol. The molecule has 0 aliphatic heterocycles. The summed E-state index contributed by atoms with van der Waals surface area (Å²) in [5, 5.41) is 1.65. The minimum absolute atomic E-state index is 0.836. The Bertz CT molecular complexity index is 410. The summed E-state index contributed by atoms with van der Waals surface area (Å²) in [4.78, 5) is 0. The molecule has 0 aromatic heterocycles. The first-order valence-electron chi connectivity index (χ1n) is 9.17. The Hall–Kier alpha value is -0.563. The molecule has 0 saturated heterocycles. The molecule has 0 N–H and O–H groups in total. The second kappa shape index (κ2) is 7.62. The third-order valence-electron chi connectivity index (χ3n) is 5.58. The lowest BCUT2D eigenvalue weighted by molar-refractivity contribution is 0.308. The molecule has 0 atom stereocenters. The summed E-state index contributed by atoms with van der Waals surface area (Å²) in [6, 6.07) is 11.2. The van der Waals surface area contributed by atoms with Crippen LogP contribution in [0.25, 0.3) is 0 Å². The van der Waals surface area contributed by atoms with Crippen molar-refractivity contribution in [3.05, 3.63) is 29.8 Å². The van der Waals surface area contributed by atoms with Crippen LogP contribution < -0.4 is 5.19 Å². The van der Waals surface area contributed by atoms with Gasteiger partial charge in [-0.3, -0.25) is 0 Å². The van der Waals surface area contributed by atoms with Crippen molar-refractivity contribution in [2.24, 2.45) is 5.92 Å². The highest BCUT2D eigenvalue weighted by molar-refractivity contribution is 6.89. The number of hydrogen-bond acceptors (Lipinski definition) is 0. The van der Waals surface area contributed by atoms with Crippen molar-refractivity contribution in [3.63, 3.8) is 0 Å². The Balaban J connectivity index is 1.97. The summed E-state index contributed by atoms with van der Waals surface area (Å²) in [5.41, 5.74) is 1.61. The van der Waals surface area contributed by atoms with E-state index in [4.69, 9.17) is 0 Å². The predicted octanol–water partition coefficient (Wildman–Crippen LogP) is 6.09. The predicted molar refractivity (Wildman–Crippen MR) is 98.3 cm³/mol. The van der Waals surface area contributed by atoms with E-state index in [-0.39, 0.29) is 0 Å². The van der Waals surface area contributed by atoms with E-state index < -0.39 is 8.07 Å². The van der Waals surface area contributed by atoms with Crippen LogP contribution >= 0.6 is 0 Å². The topological polar surface area (TPSA) is 0 Å². The zero-order chi connectivity index (χ0) is 15.3. The first kappa shape index (κ1) is 16.8. The van der Waals surface area contributed by atoms with Gasteiger partial charge in [-0.1, -0.05) is 81.7 Å². The van der Waals surface area contributed by atoms with Crippen molar-refractivity contribution in [3.8, 4) is 0 Å². The molecule has 0 bridgehead atoms. The van der Waals surface area contributed by atoms with E-state index in [1.807, 2.05) is 0 Å². The summed E-state index contributed by atoms with van der Waals surface area (Å²) < 4.78 is 0. The van der Waals surface area contributed by atoms with E-state index in [0.29, 0.717) is 0 Å². The van der Waals surface area contributed by atoms with Crippen molar-refractivity contribution < 1.29 is 0 Å². The lowest BCUT2D eigenvalue weighted by Gasteiger charge is -2.29. The second-order valence-corrected chi connectivity index (χ2v) is 12.6. The number of hydrogen-bond donors (Lipinski definition) is 0. The molecule has 0 nitrogen and oxygen atoms in total. The van der Waals surface area contributed by atoms with Crippen LogP contribution in [0.5, 0.6) is 0 Å². The Morgan fingerprint density at radius 1 is 0.905 bits per heavy atom. The molecule has 1 fully saturated rings. The van der Waals surface area contributed by atoms with Gasteiger partial charge in [0.1, 0.15) is 0 Å². The average molecular weight is 303 g/mol. The first-order chi connectivity index (χ1) is 10.1. The quantitative estimate of drug-likeness (QED) is 0.558. The maximum Gasteiger partial charge on any atom is 0.0806 e. The Labute approximate surface area is 133 Å². The fourth-order valence-corrected chi connectivity index (χ4v) is 6.78. The van der Waals surface area contributed by atoms with E-state index in [2.05, 4.69) is 51.2 Å². The molecule has 0 spiro atoms. The number of benzene rings is 1. The van der Waals surface area contributed by atoms with Gasteiger partial charge >= 0.3 is 0 Å². The highest BCUT2D eigenvalue weighted by Gasteiger charge is 2.24. The second-order valence-electron chi connectivity index (χ2n) is 7.76. The van der Waals surface area contributed by atoms with Gasteiger partial charge < -0.3 is 0 Å². The molecule has 21 heavy (non-hydrogen) atoms. The van der Waals surface area contributed by atoms with Gasteiger partial charge in [-0.15, -0.1) is 0 Å². The SMILES string of the molecule is CCCC1CCC(c2ccc([Si](C)(C)CCC)cc2)CC1. The molecule has 1 aromatic carbocycles. The maximum absolute atomic E-state index is 2.52. The molecule has 1 aromatic rings. The fraction of sp³-hybridized carbons (Fsp3) is 0.700. The van der Waals surface area contributed by atoms with E-state index in [1.54, 1.807) is 10.8 Å². The Kier molecular flexibility index (Phi) is 6.10. The fourth-order valence-electron chi connectivity index (χ4n) is 4.17. The maximum atomic E-state index is 2.52. The number of rotatable bonds is 6. The van der Waals surface area contributed by atoms with Gasteiger partial charge in [-0.25, -0.2) is 0 Å². The summed E-state index contributed by atoms with van der Waals surface area (Å²) in [6.45, 7) is 9.67. The lowest BCUT2D eigenvalue weighted by Crippen LogP contribution is -2.40. The van der Waals surface area contributed by atoms with Crippen molar-refractivity contribution in [1.82, 2.24) is 0 Å². The van der Waals surface area contributed by atoms with Gasteiger partial charge in [-0.05, 0) is 43.1 Å². The molecular formula is C20H34Si. The molecule has 1 heteroatoms. The van der Waals surface area contributed by atoms with Crippen LogP contribution in [0.4, 0.5) is 0 Å². The van der Waals surface area contributed by atoms with Gasteiger partial charge in [0.05, 0.1) is 8.07 Å². The molecule has 0 radical (unpaired) electrons. The van der Waals surface area contributed by atoms with Gasteiger partial charge in [0.2, 0.25) is 0 Å². The standard InChI is InChI=1S/C20H34Si/c1-5-7-17-8-10-18(11-9-17)19-12-14-20(15-13-19)21(3,4)16-6-2/h12-15,17-18H,5-11,16H2,1-4H3.